The average molecular weight is 242 g/mol. The number of nitrogens with two attached hydrogens (primary N) is 1. The summed E-state index contributed by atoms with van der Waals surface area (Å²) in [5.74, 6) is -2.77. The minimum absolute atomic E-state index is 0.109. The van der Waals surface area contributed by atoms with Crippen molar-refractivity contribution in [3.8, 4) is 11.4 Å². The zero-order chi connectivity index (χ0) is 12.6. The second-order valence-electron chi connectivity index (χ2n) is 3.89. The Morgan fingerprint density at radius 1 is 1.47 bits per heavy atom. The lowest BCUT2D eigenvalue weighted by molar-refractivity contribution is 0.000544. The second-order valence-corrected chi connectivity index (χ2v) is 3.89. The zero-order valence-electron chi connectivity index (χ0n) is 9.43. The lowest BCUT2D eigenvalue weighted by Gasteiger charge is -2.12. The van der Waals surface area contributed by atoms with Crippen LogP contribution in [0.1, 0.15) is 6.92 Å². The fraction of sp³-hybridized carbons (Fsp3) is 0.444. The summed E-state index contributed by atoms with van der Waals surface area (Å²) in [4.78, 5) is 0. The van der Waals surface area contributed by atoms with Crippen LogP contribution >= 0.6 is 0 Å². The van der Waals surface area contributed by atoms with Crippen LogP contribution in [-0.4, -0.2) is 30.7 Å². The van der Waals surface area contributed by atoms with Gasteiger partial charge in [-0.2, -0.15) is 5.10 Å². The molecule has 17 heavy (non-hydrogen) atoms. The van der Waals surface area contributed by atoms with E-state index in [1.54, 1.807) is 19.3 Å². The number of aryl methyl sites for hydroxylation is 1. The van der Waals surface area contributed by atoms with E-state index in [0.29, 0.717) is 11.4 Å². The molecule has 6 nitrogen and oxygen atoms in total. The number of hydrogen-bond acceptors (Lipinski definition) is 4. The molecular formula is C9H12F2N6. The number of halogens is 2. The van der Waals surface area contributed by atoms with Gasteiger partial charge in [-0.15, -0.1) is 5.10 Å². The van der Waals surface area contributed by atoms with Crippen LogP contribution in [0, 0.1) is 0 Å². The first-order chi connectivity index (χ1) is 7.88. The number of anilines is 1. The van der Waals surface area contributed by atoms with Gasteiger partial charge in [-0.05, 0) is 6.07 Å². The fourth-order valence-electron chi connectivity index (χ4n) is 1.57. The lowest BCUT2D eigenvalue weighted by atomic mass is 10.3. The summed E-state index contributed by atoms with van der Waals surface area (Å²) in [5.41, 5.74) is 6.59. The minimum Gasteiger partial charge on any atom is -0.380 e. The number of rotatable bonds is 3. The van der Waals surface area contributed by atoms with Gasteiger partial charge in [-0.3, -0.25) is 4.68 Å². The maximum Gasteiger partial charge on any atom is 0.264 e. The van der Waals surface area contributed by atoms with Crippen molar-refractivity contribution in [2.24, 2.45) is 7.05 Å². The molecule has 0 bridgehead atoms. The van der Waals surface area contributed by atoms with E-state index in [1.165, 1.54) is 4.68 Å². The standard InChI is InChI=1S/C9H12F2N6/c1-9(10,11)5-17-7(8(12)14-15-17)6-3-4-13-16(6)2/h3-4H,5,12H2,1-2H3. The highest BCUT2D eigenvalue weighted by Gasteiger charge is 2.26. The third-order valence-corrected chi connectivity index (χ3v) is 2.25. The van der Waals surface area contributed by atoms with E-state index in [4.69, 9.17) is 5.73 Å². The lowest BCUT2D eigenvalue weighted by Crippen LogP contribution is -2.21. The summed E-state index contributed by atoms with van der Waals surface area (Å²) in [6, 6.07) is 1.67. The summed E-state index contributed by atoms with van der Waals surface area (Å²) in [7, 11) is 1.69. The van der Waals surface area contributed by atoms with Crippen LogP contribution in [0.15, 0.2) is 12.3 Å². The van der Waals surface area contributed by atoms with Crippen LogP contribution in [0.2, 0.25) is 0 Å². The van der Waals surface area contributed by atoms with E-state index in [9.17, 15) is 8.78 Å². The molecule has 0 aliphatic rings. The average Bonchev–Trinajstić information content (AvgIpc) is 2.72. The van der Waals surface area contributed by atoms with Gasteiger partial charge >= 0.3 is 0 Å². The van der Waals surface area contributed by atoms with E-state index >= 15 is 0 Å². The highest BCUT2D eigenvalue weighted by molar-refractivity contribution is 5.66. The molecule has 0 unspecified atom stereocenters. The van der Waals surface area contributed by atoms with E-state index in [2.05, 4.69) is 15.4 Å². The molecule has 0 atom stereocenters. The molecule has 0 radical (unpaired) electrons. The summed E-state index contributed by atoms with van der Waals surface area (Å²) in [6.07, 6.45) is 1.55. The Morgan fingerprint density at radius 3 is 2.71 bits per heavy atom. The summed E-state index contributed by atoms with van der Waals surface area (Å²) >= 11 is 0. The van der Waals surface area contributed by atoms with Crippen molar-refractivity contribution in [2.75, 3.05) is 5.73 Å². The van der Waals surface area contributed by atoms with Crippen molar-refractivity contribution in [3.63, 3.8) is 0 Å². The monoisotopic (exact) mass is 242 g/mol. The van der Waals surface area contributed by atoms with Crippen molar-refractivity contribution in [2.45, 2.75) is 19.4 Å². The molecule has 2 N–H and O–H groups in total. The van der Waals surface area contributed by atoms with E-state index in [-0.39, 0.29) is 5.82 Å². The Balaban J connectivity index is 2.47. The Labute approximate surface area is 96.0 Å². The van der Waals surface area contributed by atoms with Gasteiger partial charge < -0.3 is 5.73 Å². The summed E-state index contributed by atoms with van der Waals surface area (Å²) in [5, 5.41) is 11.2. The van der Waals surface area contributed by atoms with Crippen molar-refractivity contribution in [1.82, 2.24) is 24.8 Å². The van der Waals surface area contributed by atoms with Gasteiger partial charge in [-0.25, -0.2) is 13.5 Å². The first-order valence-electron chi connectivity index (χ1n) is 4.93. The van der Waals surface area contributed by atoms with Gasteiger partial charge in [0.1, 0.15) is 12.2 Å². The molecule has 0 aliphatic heterocycles. The van der Waals surface area contributed by atoms with Crippen molar-refractivity contribution >= 4 is 5.82 Å². The SMILES string of the molecule is Cn1nccc1-c1c(N)nnn1CC(C)(F)F. The Bertz CT molecular complexity index is 524. The van der Waals surface area contributed by atoms with Gasteiger partial charge in [0, 0.05) is 20.2 Å². The number of aromatic nitrogens is 5. The van der Waals surface area contributed by atoms with Crippen LogP contribution in [-0.2, 0) is 13.6 Å². The predicted molar refractivity (Wildman–Crippen MR) is 57.3 cm³/mol. The van der Waals surface area contributed by atoms with Crippen molar-refractivity contribution < 1.29 is 8.78 Å². The van der Waals surface area contributed by atoms with Gasteiger partial charge in [0.15, 0.2) is 5.82 Å². The van der Waals surface area contributed by atoms with E-state index in [1.807, 2.05) is 0 Å². The van der Waals surface area contributed by atoms with Crippen LogP contribution < -0.4 is 5.73 Å². The van der Waals surface area contributed by atoms with E-state index in [0.717, 1.165) is 11.6 Å². The first-order valence-corrected chi connectivity index (χ1v) is 4.93. The van der Waals surface area contributed by atoms with Crippen molar-refractivity contribution in [1.29, 1.82) is 0 Å². The number of alkyl halides is 2. The third kappa shape index (κ3) is 2.24. The molecule has 2 aromatic heterocycles. The molecule has 8 heteroatoms. The molecule has 0 spiro atoms. The van der Waals surface area contributed by atoms with Gasteiger partial charge in [-0.1, -0.05) is 5.21 Å². The molecule has 0 fully saturated rings. The van der Waals surface area contributed by atoms with Crippen LogP contribution in [0.4, 0.5) is 14.6 Å². The molecular weight excluding hydrogens is 230 g/mol. The molecule has 2 rings (SSSR count). The van der Waals surface area contributed by atoms with Crippen LogP contribution in [0.25, 0.3) is 11.4 Å². The second kappa shape index (κ2) is 3.79. The van der Waals surface area contributed by atoms with Gasteiger partial charge in [0.05, 0.1) is 5.69 Å². The number of nitrogens with zero attached hydrogens (tertiary/aromatic N) is 5. The predicted octanol–water partition coefficient (Wildman–Crippen LogP) is 0.916. The van der Waals surface area contributed by atoms with E-state index < -0.39 is 12.5 Å². The third-order valence-electron chi connectivity index (χ3n) is 2.25. The Hall–Kier alpha value is -1.99. The molecule has 0 saturated heterocycles. The summed E-state index contributed by atoms with van der Waals surface area (Å²) < 4.78 is 28.6. The first kappa shape index (κ1) is 11.5. The molecule has 2 heterocycles. The Kier molecular flexibility index (Phi) is 2.56. The van der Waals surface area contributed by atoms with Crippen molar-refractivity contribution in [3.05, 3.63) is 12.3 Å². The maximum absolute atomic E-state index is 13.0. The molecule has 0 aromatic carbocycles. The Morgan fingerprint density at radius 2 is 2.18 bits per heavy atom. The van der Waals surface area contributed by atoms with Gasteiger partial charge in [0.2, 0.25) is 0 Å². The quantitative estimate of drug-likeness (QED) is 0.868. The normalized spacial score (nSPS) is 12.0. The largest absolute Gasteiger partial charge is 0.380 e. The highest BCUT2D eigenvalue weighted by Crippen LogP contribution is 2.25. The summed E-state index contributed by atoms with van der Waals surface area (Å²) in [6.45, 7) is 0.246. The molecule has 92 valence electrons. The fourth-order valence-corrected chi connectivity index (χ4v) is 1.57. The zero-order valence-corrected chi connectivity index (χ0v) is 9.43. The highest BCUT2D eigenvalue weighted by atomic mass is 19.3. The topological polar surface area (TPSA) is 74.6 Å². The smallest absolute Gasteiger partial charge is 0.264 e. The molecule has 0 amide bonds. The molecule has 2 aromatic rings. The van der Waals surface area contributed by atoms with Gasteiger partial charge in [0.25, 0.3) is 5.92 Å². The molecule has 0 saturated carbocycles. The number of hydrogen-bond donors (Lipinski definition) is 1. The number of nitrogen functional groups attached to an aromatic ring is 1. The van der Waals surface area contributed by atoms with Crippen LogP contribution in [0.3, 0.4) is 0 Å². The van der Waals surface area contributed by atoms with Crippen LogP contribution in [0.5, 0.6) is 0 Å². The maximum atomic E-state index is 13.0. The molecule has 0 aliphatic carbocycles. The minimum atomic E-state index is -2.88.